The summed E-state index contributed by atoms with van der Waals surface area (Å²) in [5.41, 5.74) is 3.70. The van der Waals surface area contributed by atoms with E-state index in [9.17, 15) is 0 Å². The number of aromatic nitrogens is 3. The first kappa shape index (κ1) is 16.2. The molecule has 0 N–H and O–H groups in total. The third kappa shape index (κ3) is 3.72. The van der Waals surface area contributed by atoms with E-state index in [2.05, 4.69) is 41.2 Å². The highest BCUT2D eigenvalue weighted by molar-refractivity contribution is 7.71. The molecule has 1 aliphatic rings. The van der Waals surface area contributed by atoms with Crippen molar-refractivity contribution in [3.63, 3.8) is 0 Å². The van der Waals surface area contributed by atoms with Gasteiger partial charge in [-0.15, -0.1) is 0 Å². The molecule has 128 valence electrons. The molecule has 3 aromatic rings. The molecule has 0 amide bonds. The molecule has 1 aromatic heterocycles. The van der Waals surface area contributed by atoms with Crippen LogP contribution >= 0.6 is 12.2 Å². The van der Waals surface area contributed by atoms with Crippen LogP contribution in [0.1, 0.15) is 24.0 Å². The molecule has 1 saturated carbocycles. The Kier molecular flexibility index (Phi) is 4.51. The lowest BCUT2D eigenvalue weighted by molar-refractivity contribution is 0.186. The number of para-hydroxylation sites is 1. The molecular weight excluding hydrogens is 328 g/mol. The summed E-state index contributed by atoms with van der Waals surface area (Å²) in [7, 11) is 0. The van der Waals surface area contributed by atoms with E-state index in [0.29, 0.717) is 6.04 Å². The molecule has 1 heterocycles. The highest BCUT2D eigenvalue weighted by atomic mass is 32.1. The Balaban J connectivity index is 1.55. The first-order valence-electron chi connectivity index (χ1n) is 8.70. The van der Waals surface area contributed by atoms with E-state index in [4.69, 9.17) is 12.2 Å². The summed E-state index contributed by atoms with van der Waals surface area (Å²) in [5.74, 6) is 0. The number of aryl methyl sites for hydroxylation is 1. The molecule has 2 aromatic carbocycles. The largest absolute Gasteiger partial charge is 0.277 e. The molecule has 5 heteroatoms. The maximum absolute atomic E-state index is 5.65. The summed E-state index contributed by atoms with van der Waals surface area (Å²) >= 11 is 5.65. The SMILES string of the molecule is Cc1cccc(CN(Cn2ncn(-c3ccccc3)c2=S)C2CC2)c1. The molecule has 0 bridgehead atoms. The molecule has 0 atom stereocenters. The smallest absolute Gasteiger partial charge is 0.203 e. The van der Waals surface area contributed by atoms with Crippen LogP contribution in [0.15, 0.2) is 60.9 Å². The number of rotatable bonds is 6. The van der Waals surface area contributed by atoms with Crippen molar-refractivity contribution in [3.8, 4) is 5.69 Å². The molecule has 0 unspecified atom stereocenters. The van der Waals surface area contributed by atoms with Crippen LogP contribution in [0.5, 0.6) is 0 Å². The molecule has 0 saturated heterocycles. The first-order valence-corrected chi connectivity index (χ1v) is 9.11. The van der Waals surface area contributed by atoms with Crippen molar-refractivity contribution in [2.45, 2.75) is 39.0 Å². The Morgan fingerprint density at radius 3 is 2.64 bits per heavy atom. The van der Waals surface area contributed by atoms with Gasteiger partial charge in [-0.2, -0.15) is 5.10 Å². The van der Waals surface area contributed by atoms with E-state index in [1.54, 1.807) is 0 Å². The van der Waals surface area contributed by atoms with Gasteiger partial charge in [-0.25, -0.2) is 4.68 Å². The predicted octanol–water partition coefficient (Wildman–Crippen LogP) is 4.33. The van der Waals surface area contributed by atoms with Crippen molar-refractivity contribution in [2.24, 2.45) is 0 Å². The fourth-order valence-electron chi connectivity index (χ4n) is 3.15. The quantitative estimate of drug-likeness (QED) is 0.619. The highest BCUT2D eigenvalue weighted by Gasteiger charge is 2.29. The summed E-state index contributed by atoms with van der Waals surface area (Å²) in [4.78, 5) is 2.48. The van der Waals surface area contributed by atoms with E-state index in [1.165, 1.54) is 24.0 Å². The minimum absolute atomic E-state index is 0.643. The lowest BCUT2D eigenvalue weighted by atomic mass is 10.1. The Hall–Kier alpha value is -2.24. The topological polar surface area (TPSA) is 26.0 Å². The van der Waals surface area contributed by atoms with Crippen molar-refractivity contribution in [1.82, 2.24) is 19.2 Å². The minimum atomic E-state index is 0.643. The van der Waals surface area contributed by atoms with Gasteiger partial charge in [0, 0.05) is 18.3 Å². The van der Waals surface area contributed by atoms with E-state index >= 15 is 0 Å². The summed E-state index contributed by atoms with van der Waals surface area (Å²) in [6.07, 6.45) is 4.34. The Bertz CT molecular complexity index is 909. The van der Waals surface area contributed by atoms with E-state index in [-0.39, 0.29) is 0 Å². The second-order valence-electron chi connectivity index (χ2n) is 6.73. The molecule has 4 nitrogen and oxygen atoms in total. The molecule has 4 rings (SSSR count). The minimum Gasteiger partial charge on any atom is -0.277 e. The number of nitrogens with zero attached hydrogens (tertiary/aromatic N) is 4. The van der Waals surface area contributed by atoms with Crippen molar-refractivity contribution in [1.29, 1.82) is 0 Å². The average molecular weight is 350 g/mol. The molecular formula is C20H22N4S. The lowest BCUT2D eigenvalue weighted by Gasteiger charge is -2.22. The van der Waals surface area contributed by atoms with Crippen LogP contribution in [0.25, 0.3) is 5.69 Å². The Morgan fingerprint density at radius 2 is 1.92 bits per heavy atom. The van der Waals surface area contributed by atoms with Gasteiger partial charge in [0.2, 0.25) is 4.77 Å². The molecule has 25 heavy (non-hydrogen) atoms. The van der Waals surface area contributed by atoms with E-state index in [1.807, 2.05) is 45.9 Å². The number of benzene rings is 2. The zero-order valence-corrected chi connectivity index (χ0v) is 15.2. The van der Waals surface area contributed by atoms with Crippen molar-refractivity contribution in [3.05, 3.63) is 76.8 Å². The average Bonchev–Trinajstić information content (AvgIpc) is 3.40. The summed E-state index contributed by atoms with van der Waals surface area (Å²) < 4.78 is 4.63. The highest BCUT2D eigenvalue weighted by Crippen LogP contribution is 2.29. The Labute approximate surface area is 153 Å². The monoisotopic (exact) mass is 350 g/mol. The number of hydrogen-bond donors (Lipinski definition) is 0. The second kappa shape index (κ2) is 6.94. The maximum Gasteiger partial charge on any atom is 0.203 e. The summed E-state index contributed by atoms with van der Waals surface area (Å²) in [6, 6.07) is 19.5. The molecule has 1 aliphatic carbocycles. The van der Waals surface area contributed by atoms with Gasteiger partial charge in [0.25, 0.3) is 0 Å². The molecule has 0 radical (unpaired) electrons. The Morgan fingerprint density at radius 1 is 1.12 bits per heavy atom. The maximum atomic E-state index is 5.65. The van der Waals surface area contributed by atoms with Gasteiger partial charge in [0.05, 0.1) is 6.67 Å². The van der Waals surface area contributed by atoms with Crippen LogP contribution in [0, 0.1) is 11.7 Å². The van der Waals surface area contributed by atoms with E-state index < -0.39 is 0 Å². The zero-order chi connectivity index (χ0) is 17.2. The standard InChI is InChI=1S/C20H22N4S/c1-16-6-5-7-17(12-16)13-22(18-10-11-18)15-24-20(25)23(14-21-24)19-8-3-2-4-9-19/h2-9,12,14,18H,10-11,13,15H2,1H3. The molecule has 0 aliphatic heterocycles. The lowest BCUT2D eigenvalue weighted by Crippen LogP contribution is -2.29. The van der Waals surface area contributed by atoms with Crippen LogP contribution < -0.4 is 0 Å². The number of hydrogen-bond acceptors (Lipinski definition) is 3. The van der Waals surface area contributed by atoms with Gasteiger partial charge < -0.3 is 0 Å². The molecule has 0 spiro atoms. The van der Waals surface area contributed by atoms with Gasteiger partial charge in [0.15, 0.2) is 0 Å². The van der Waals surface area contributed by atoms with Crippen LogP contribution in [0.3, 0.4) is 0 Å². The summed E-state index contributed by atoms with van der Waals surface area (Å²) in [6.45, 7) is 3.81. The van der Waals surface area contributed by atoms with Gasteiger partial charge in [-0.05, 0) is 49.7 Å². The molecule has 1 fully saturated rings. The third-order valence-electron chi connectivity index (χ3n) is 4.61. The van der Waals surface area contributed by atoms with Gasteiger partial charge >= 0.3 is 0 Å². The summed E-state index contributed by atoms with van der Waals surface area (Å²) in [5, 5.41) is 4.54. The van der Waals surface area contributed by atoms with Crippen molar-refractivity contribution < 1.29 is 0 Å². The van der Waals surface area contributed by atoms with Gasteiger partial charge in [-0.1, -0.05) is 48.0 Å². The zero-order valence-electron chi connectivity index (χ0n) is 14.4. The van der Waals surface area contributed by atoms with Crippen molar-refractivity contribution in [2.75, 3.05) is 0 Å². The first-order chi connectivity index (χ1) is 12.2. The van der Waals surface area contributed by atoms with Crippen LogP contribution in [0.2, 0.25) is 0 Å². The van der Waals surface area contributed by atoms with Gasteiger partial charge in [-0.3, -0.25) is 9.47 Å². The van der Waals surface area contributed by atoms with Crippen molar-refractivity contribution >= 4 is 12.2 Å². The third-order valence-corrected chi connectivity index (χ3v) is 5.02. The van der Waals surface area contributed by atoms with Crippen LogP contribution in [-0.4, -0.2) is 25.3 Å². The fourth-order valence-corrected chi connectivity index (χ4v) is 3.41. The fraction of sp³-hybridized carbons (Fsp3) is 0.300. The van der Waals surface area contributed by atoms with Gasteiger partial charge in [0.1, 0.15) is 6.33 Å². The van der Waals surface area contributed by atoms with Crippen LogP contribution in [0.4, 0.5) is 0 Å². The normalized spacial score (nSPS) is 14.2. The second-order valence-corrected chi connectivity index (χ2v) is 7.09. The van der Waals surface area contributed by atoms with E-state index in [0.717, 1.165) is 23.7 Å². The van der Waals surface area contributed by atoms with Crippen LogP contribution in [-0.2, 0) is 13.2 Å². The predicted molar refractivity (Wildman–Crippen MR) is 102 cm³/mol.